The second kappa shape index (κ2) is 9.87. The van der Waals surface area contributed by atoms with Gasteiger partial charge >= 0.3 is 0 Å². The van der Waals surface area contributed by atoms with Crippen molar-refractivity contribution in [3.8, 4) is 17.2 Å². The van der Waals surface area contributed by atoms with Gasteiger partial charge in [0.2, 0.25) is 0 Å². The molecular weight excluding hydrogens is 383 g/mol. The molecule has 0 bridgehead atoms. The highest BCUT2D eigenvalue weighted by atomic mass is 19.1. The lowest BCUT2D eigenvalue weighted by atomic mass is 10.0. The van der Waals surface area contributed by atoms with E-state index in [0.717, 1.165) is 11.1 Å². The predicted molar refractivity (Wildman–Crippen MR) is 113 cm³/mol. The lowest BCUT2D eigenvalue weighted by Gasteiger charge is -2.15. The van der Waals surface area contributed by atoms with Crippen LogP contribution in [0.2, 0.25) is 0 Å². The van der Waals surface area contributed by atoms with E-state index in [0.29, 0.717) is 23.0 Å². The van der Waals surface area contributed by atoms with Gasteiger partial charge in [0.15, 0.2) is 18.2 Å². The van der Waals surface area contributed by atoms with Gasteiger partial charge in [0.1, 0.15) is 11.5 Å². The molecule has 0 saturated heterocycles. The second-order valence-corrected chi connectivity index (χ2v) is 7.32. The molecule has 2 aromatic carbocycles. The molecule has 0 saturated carbocycles. The molecule has 0 aliphatic heterocycles. The van der Waals surface area contributed by atoms with E-state index in [4.69, 9.17) is 9.47 Å². The van der Waals surface area contributed by atoms with Crippen molar-refractivity contribution < 1.29 is 18.7 Å². The summed E-state index contributed by atoms with van der Waals surface area (Å²) >= 11 is 0. The molecule has 0 aliphatic carbocycles. The fraction of sp³-hybridized carbons (Fsp3) is 0.250. The van der Waals surface area contributed by atoms with Crippen molar-refractivity contribution in [2.75, 3.05) is 6.61 Å². The number of amides is 1. The van der Waals surface area contributed by atoms with Crippen LogP contribution in [-0.4, -0.2) is 17.5 Å². The van der Waals surface area contributed by atoms with Gasteiger partial charge in [0.25, 0.3) is 5.91 Å². The second-order valence-electron chi connectivity index (χ2n) is 7.32. The standard InChI is InChI=1S/C24H25FN2O3/c1-16(2)20-8-6-17(3)11-23(20)29-15-24(28)27-13-18-7-9-22(21(25)12-18)30-19-5-4-10-26-14-19/h4-12,14,16H,13,15H2,1-3H3,(H,27,28). The van der Waals surface area contributed by atoms with Crippen LogP contribution >= 0.6 is 0 Å². The summed E-state index contributed by atoms with van der Waals surface area (Å²) in [5.41, 5.74) is 2.75. The van der Waals surface area contributed by atoms with E-state index in [1.165, 1.54) is 18.3 Å². The van der Waals surface area contributed by atoms with E-state index >= 15 is 0 Å². The zero-order chi connectivity index (χ0) is 21.5. The molecule has 3 rings (SSSR count). The Kier molecular flexibility index (Phi) is 7.01. The lowest BCUT2D eigenvalue weighted by molar-refractivity contribution is -0.123. The fourth-order valence-corrected chi connectivity index (χ4v) is 2.91. The molecular formula is C24H25FN2O3. The molecule has 1 aromatic heterocycles. The zero-order valence-electron chi connectivity index (χ0n) is 17.3. The normalized spacial score (nSPS) is 10.7. The topological polar surface area (TPSA) is 60.5 Å². The third-order valence-electron chi connectivity index (χ3n) is 4.50. The van der Waals surface area contributed by atoms with E-state index in [1.54, 1.807) is 24.4 Å². The number of carbonyl (C=O) groups excluding carboxylic acids is 1. The van der Waals surface area contributed by atoms with Crippen LogP contribution in [0.25, 0.3) is 0 Å². The number of nitrogens with zero attached hydrogens (tertiary/aromatic N) is 1. The Hall–Kier alpha value is -3.41. The summed E-state index contributed by atoms with van der Waals surface area (Å²) in [6.45, 7) is 6.22. The molecule has 1 N–H and O–H groups in total. The van der Waals surface area contributed by atoms with Crippen molar-refractivity contribution in [2.45, 2.75) is 33.2 Å². The van der Waals surface area contributed by atoms with Crippen LogP contribution in [0.3, 0.4) is 0 Å². The van der Waals surface area contributed by atoms with Gasteiger partial charge in [0.05, 0.1) is 6.20 Å². The maximum atomic E-state index is 14.3. The lowest BCUT2D eigenvalue weighted by Crippen LogP contribution is -2.28. The van der Waals surface area contributed by atoms with Gasteiger partial charge in [-0.05, 0) is 59.9 Å². The Bertz CT molecular complexity index is 1010. The van der Waals surface area contributed by atoms with Gasteiger partial charge in [0, 0.05) is 12.7 Å². The minimum absolute atomic E-state index is 0.0991. The maximum absolute atomic E-state index is 14.3. The molecule has 1 heterocycles. The summed E-state index contributed by atoms with van der Waals surface area (Å²) in [6.07, 6.45) is 3.12. The van der Waals surface area contributed by atoms with Crippen molar-refractivity contribution in [3.63, 3.8) is 0 Å². The fourth-order valence-electron chi connectivity index (χ4n) is 2.91. The molecule has 6 heteroatoms. The molecule has 0 atom stereocenters. The smallest absolute Gasteiger partial charge is 0.258 e. The van der Waals surface area contributed by atoms with Crippen LogP contribution in [0.5, 0.6) is 17.2 Å². The number of ether oxygens (including phenoxy) is 2. The van der Waals surface area contributed by atoms with E-state index in [9.17, 15) is 9.18 Å². The highest BCUT2D eigenvalue weighted by Crippen LogP contribution is 2.27. The third-order valence-corrected chi connectivity index (χ3v) is 4.50. The average molecular weight is 408 g/mol. The van der Waals surface area contributed by atoms with E-state index in [1.807, 2.05) is 25.1 Å². The number of aromatic nitrogens is 1. The monoisotopic (exact) mass is 408 g/mol. The Morgan fingerprint density at radius 1 is 1.13 bits per heavy atom. The van der Waals surface area contributed by atoms with Crippen molar-refractivity contribution in [1.82, 2.24) is 10.3 Å². The van der Waals surface area contributed by atoms with Gasteiger partial charge in [-0.25, -0.2) is 4.39 Å². The number of benzene rings is 2. The Morgan fingerprint density at radius 2 is 1.97 bits per heavy atom. The minimum Gasteiger partial charge on any atom is -0.483 e. The summed E-state index contributed by atoms with van der Waals surface area (Å²) in [5.74, 6) is 0.765. The first kappa shape index (κ1) is 21.3. The van der Waals surface area contributed by atoms with Crippen molar-refractivity contribution >= 4 is 5.91 Å². The number of halogens is 1. The average Bonchev–Trinajstić information content (AvgIpc) is 2.73. The summed E-state index contributed by atoms with van der Waals surface area (Å²) in [5, 5.41) is 2.75. The summed E-state index contributed by atoms with van der Waals surface area (Å²) in [6, 6.07) is 13.9. The number of hydrogen-bond acceptors (Lipinski definition) is 4. The van der Waals surface area contributed by atoms with Crippen molar-refractivity contribution in [3.05, 3.63) is 83.4 Å². The molecule has 1 amide bonds. The zero-order valence-corrected chi connectivity index (χ0v) is 17.3. The first-order chi connectivity index (χ1) is 14.4. The minimum atomic E-state index is -0.511. The van der Waals surface area contributed by atoms with Crippen LogP contribution in [0.4, 0.5) is 4.39 Å². The van der Waals surface area contributed by atoms with Crippen LogP contribution in [0.1, 0.15) is 36.5 Å². The first-order valence-corrected chi connectivity index (χ1v) is 9.78. The quantitative estimate of drug-likeness (QED) is 0.561. The molecule has 0 aliphatic rings. The third kappa shape index (κ3) is 5.80. The van der Waals surface area contributed by atoms with E-state index in [-0.39, 0.29) is 24.8 Å². The maximum Gasteiger partial charge on any atom is 0.258 e. The number of aryl methyl sites for hydroxylation is 1. The van der Waals surface area contributed by atoms with Gasteiger partial charge < -0.3 is 14.8 Å². The Morgan fingerprint density at radius 3 is 2.67 bits per heavy atom. The highest BCUT2D eigenvalue weighted by Gasteiger charge is 2.11. The van der Waals surface area contributed by atoms with Gasteiger partial charge in [-0.3, -0.25) is 9.78 Å². The van der Waals surface area contributed by atoms with Gasteiger partial charge in [-0.1, -0.05) is 32.0 Å². The molecule has 0 radical (unpaired) electrons. The van der Waals surface area contributed by atoms with Crippen molar-refractivity contribution in [1.29, 1.82) is 0 Å². The molecule has 0 spiro atoms. The van der Waals surface area contributed by atoms with Crippen LogP contribution in [0.15, 0.2) is 60.9 Å². The number of rotatable bonds is 8. The first-order valence-electron chi connectivity index (χ1n) is 9.78. The molecule has 3 aromatic rings. The number of pyridine rings is 1. The Balaban J connectivity index is 1.54. The molecule has 30 heavy (non-hydrogen) atoms. The van der Waals surface area contributed by atoms with Gasteiger partial charge in [-0.15, -0.1) is 0 Å². The van der Waals surface area contributed by atoms with Gasteiger partial charge in [-0.2, -0.15) is 0 Å². The van der Waals surface area contributed by atoms with Crippen molar-refractivity contribution in [2.24, 2.45) is 0 Å². The van der Waals surface area contributed by atoms with Crippen LogP contribution < -0.4 is 14.8 Å². The van der Waals surface area contributed by atoms with Crippen LogP contribution in [-0.2, 0) is 11.3 Å². The molecule has 0 unspecified atom stereocenters. The highest BCUT2D eigenvalue weighted by molar-refractivity contribution is 5.77. The SMILES string of the molecule is Cc1ccc(C(C)C)c(OCC(=O)NCc2ccc(Oc3cccnc3)c(F)c2)c1. The number of carbonyl (C=O) groups is 1. The Labute approximate surface area is 175 Å². The van der Waals surface area contributed by atoms with E-state index in [2.05, 4.69) is 24.1 Å². The number of hydrogen-bond donors (Lipinski definition) is 1. The molecule has 0 fully saturated rings. The van der Waals surface area contributed by atoms with Crippen LogP contribution in [0, 0.1) is 12.7 Å². The molecule has 5 nitrogen and oxygen atoms in total. The summed E-state index contributed by atoms with van der Waals surface area (Å²) < 4.78 is 25.5. The number of nitrogens with one attached hydrogen (secondary N) is 1. The van der Waals surface area contributed by atoms with E-state index < -0.39 is 5.82 Å². The summed E-state index contributed by atoms with van der Waals surface area (Å²) in [4.78, 5) is 16.1. The summed E-state index contributed by atoms with van der Waals surface area (Å²) in [7, 11) is 0. The molecule has 156 valence electrons. The predicted octanol–water partition coefficient (Wildman–Crippen LogP) is 5.14. The largest absolute Gasteiger partial charge is 0.483 e.